The lowest BCUT2D eigenvalue weighted by Gasteiger charge is -2.11. The van der Waals surface area contributed by atoms with Crippen LogP contribution in [0.4, 0.5) is 11.6 Å². The van der Waals surface area contributed by atoms with Gasteiger partial charge < -0.3 is 20.1 Å². The van der Waals surface area contributed by atoms with Gasteiger partial charge in [0, 0.05) is 26.0 Å². The molecule has 0 fully saturated rings. The molecular weight excluding hydrogens is 308 g/mol. The maximum atomic E-state index is 12.2. The van der Waals surface area contributed by atoms with E-state index in [0.717, 1.165) is 12.1 Å². The molecule has 2 rings (SSSR count). The fourth-order valence-corrected chi connectivity index (χ4v) is 2.12. The van der Waals surface area contributed by atoms with Gasteiger partial charge in [-0.05, 0) is 31.5 Å². The Morgan fingerprint density at radius 2 is 2.00 bits per heavy atom. The smallest absolute Gasteiger partial charge is 0.270 e. The van der Waals surface area contributed by atoms with Crippen molar-refractivity contribution in [3.05, 3.63) is 41.7 Å². The Hall–Kier alpha value is -2.67. The van der Waals surface area contributed by atoms with Gasteiger partial charge >= 0.3 is 0 Å². The van der Waals surface area contributed by atoms with Gasteiger partial charge in [0.2, 0.25) is 5.95 Å². The Morgan fingerprint density at radius 3 is 2.75 bits per heavy atom. The molecule has 0 saturated carbocycles. The van der Waals surface area contributed by atoms with Gasteiger partial charge in [0.25, 0.3) is 5.91 Å². The van der Waals surface area contributed by atoms with Crippen LogP contribution in [0.15, 0.2) is 30.3 Å². The summed E-state index contributed by atoms with van der Waals surface area (Å²) in [7, 11) is 3.22. The highest BCUT2D eigenvalue weighted by Crippen LogP contribution is 2.25. The standard InChI is InChI=1S/C17H22N4O3/c1-12-11-14(16(22)18-9-6-10-23-2)21-17(19-12)20-13-7-4-5-8-15(13)24-3/h4-5,7-8,11H,6,9-10H2,1-3H3,(H,18,22)(H,19,20,21). The fourth-order valence-electron chi connectivity index (χ4n) is 2.12. The van der Waals surface area contributed by atoms with E-state index in [0.29, 0.717) is 36.2 Å². The van der Waals surface area contributed by atoms with Gasteiger partial charge in [0.15, 0.2) is 0 Å². The van der Waals surface area contributed by atoms with E-state index in [2.05, 4.69) is 20.6 Å². The van der Waals surface area contributed by atoms with Gasteiger partial charge in [0.05, 0.1) is 12.8 Å². The van der Waals surface area contributed by atoms with Crippen molar-refractivity contribution in [2.24, 2.45) is 0 Å². The Kier molecular flexibility index (Phi) is 6.51. The fraction of sp³-hybridized carbons (Fsp3) is 0.353. The average molecular weight is 330 g/mol. The van der Waals surface area contributed by atoms with Crippen LogP contribution in [0.1, 0.15) is 22.6 Å². The van der Waals surface area contributed by atoms with Crippen LogP contribution in [-0.2, 0) is 4.74 Å². The number of hydrogen-bond donors (Lipinski definition) is 2. The minimum atomic E-state index is -0.236. The maximum Gasteiger partial charge on any atom is 0.270 e. The van der Waals surface area contributed by atoms with Gasteiger partial charge in [-0.1, -0.05) is 12.1 Å². The first-order valence-corrected chi connectivity index (χ1v) is 7.67. The number of hydrogen-bond acceptors (Lipinski definition) is 6. The maximum absolute atomic E-state index is 12.2. The summed E-state index contributed by atoms with van der Waals surface area (Å²) in [6.07, 6.45) is 0.749. The predicted molar refractivity (Wildman–Crippen MR) is 91.9 cm³/mol. The molecule has 2 aromatic rings. The first-order chi connectivity index (χ1) is 11.6. The van der Waals surface area contributed by atoms with Crippen LogP contribution in [0.25, 0.3) is 0 Å². The van der Waals surface area contributed by atoms with Crippen LogP contribution in [0.3, 0.4) is 0 Å². The summed E-state index contributed by atoms with van der Waals surface area (Å²) in [5, 5.41) is 5.90. The quantitative estimate of drug-likeness (QED) is 0.723. The summed E-state index contributed by atoms with van der Waals surface area (Å²) in [4.78, 5) is 20.8. The van der Waals surface area contributed by atoms with Gasteiger partial charge in [-0.15, -0.1) is 0 Å². The molecular formula is C17H22N4O3. The van der Waals surface area contributed by atoms with Crippen LogP contribution < -0.4 is 15.4 Å². The van der Waals surface area contributed by atoms with Crippen molar-refractivity contribution in [1.82, 2.24) is 15.3 Å². The van der Waals surface area contributed by atoms with Crippen molar-refractivity contribution in [3.8, 4) is 5.75 Å². The zero-order chi connectivity index (χ0) is 17.4. The summed E-state index contributed by atoms with van der Waals surface area (Å²) < 4.78 is 10.2. The lowest BCUT2D eigenvalue weighted by atomic mass is 10.3. The van der Waals surface area contributed by atoms with E-state index in [1.165, 1.54) is 0 Å². The summed E-state index contributed by atoms with van der Waals surface area (Å²) in [6, 6.07) is 9.10. The number of carbonyl (C=O) groups is 1. The Bertz CT molecular complexity index is 691. The number of amides is 1. The van der Waals surface area contributed by atoms with E-state index in [1.807, 2.05) is 31.2 Å². The molecule has 0 atom stereocenters. The molecule has 1 heterocycles. The summed E-state index contributed by atoms with van der Waals surface area (Å²) >= 11 is 0. The van der Waals surface area contributed by atoms with Gasteiger partial charge in [0.1, 0.15) is 11.4 Å². The normalized spacial score (nSPS) is 10.3. The number of anilines is 2. The summed E-state index contributed by atoms with van der Waals surface area (Å²) in [5.74, 6) is 0.786. The molecule has 7 nitrogen and oxygen atoms in total. The van der Waals surface area contributed by atoms with E-state index >= 15 is 0 Å². The highest BCUT2D eigenvalue weighted by Gasteiger charge is 2.11. The zero-order valence-electron chi connectivity index (χ0n) is 14.1. The Balaban J connectivity index is 2.12. The minimum absolute atomic E-state index is 0.236. The van der Waals surface area contributed by atoms with Gasteiger partial charge in [-0.25, -0.2) is 9.97 Å². The van der Waals surface area contributed by atoms with E-state index in [1.54, 1.807) is 20.3 Å². The van der Waals surface area contributed by atoms with E-state index < -0.39 is 0 Å². The van der Waals surface area contributed by atoms with E-state index in [4.69, 9.17) is 9.47 Å². The molecule has 0 aliphatic rings. The molecule has 0 spiro atoms. The molecule has 7 heteroatoms. The summed E-state index contributed by atoms with van der Waals surface area (Å²) in [5.41, 5.74) is 1.75. The molecule has 0 unspecified atom stereocenters. The van der Waals surface area contributed by atoms with Gasteiger partial charge in [-0.2, -0.15) is 0 Å². The van der Waals surface area contributed by atoms with Crippen LogP contribution in [0, 0.1) is 6.92 Å². The number of nitrogens with zero attached hydrogens (tertiary/aromatic N) is 2. The van der Waals surface area contributed by atoms with E-state index in [9.17, 15) is 4.79 Å². The van der Waals surface area contributed by atoms with Crippen LogP contribution in [0.5, 0.6) is 5.75 Å². The Labute approximate surface area is 141 Å². The van der Waals surface area contributed by atoms with Gasteiger partial charge in [-0.3, -0.25) is 4.79 Å². The number of ether oxygens (including phenoxy) is 2. The van der Waals surface area contributed by atoms with E-state index in [-0.39, 0.29) is 5.91 Å². The molecule has 0 bridgehead atoms. The topological polar surface area (TPSA) is 85.4 Å². The minimum Gasteiger partial charge on any atom is -0.495 e. The van der Waals surface area contributed by atoms with Crippen molar-refractivity contribution < 1.29 is 14.3 Å². The number of carbonyl (C=O) groups excluding carboxylic acids is 1. The number of rotatable bonds is 8. The molecule has 0 aliphatic carbocycles. The number of nitrogens with one attached hydrogen (secondary N) is 2. The lowest BCUT2D eigenvalue weighted by Crippen LogP contribution is -2.26. The molecule has 1 amide bonds. The third kappa shape index (κ3) is 4.92. The monoisotopic (exact) mass is 330 g/mol. The highest BCUT2D eigenvalue weighted by atomic mass is 16.5. The number of methoxy groups -OCH3 is 2. The summed E-state index contributed by atoms with van der Waals surface area (Å²) in [6.45, 7) is 2.95. The highest BCUT2D eigenvalue weighted by molar-refractivity contribution is 5.92. The first kappa shape index (κ1) is 17.7. The molecule has 24 heavy (non-hydrogen) atoms. The van der Waals surface area contributed by atoms with Crippen LogP contribution >= 0.6 is 0 Å². The van der Waals surface area contributed by atoms with Crippen molar-refractivity contribution in [1.29, 1.82) is 0 Å². The molecule has 0 aliphatic heterocycles. The average Bonchev–Trinajstić information content (AvgIpc) is 2.58. The third-order valence-corrected chi connectivity index (χ3v) is 3.25. The van der Waals surface area contributed by atoms with Crippen molar-refractivity contribution >= 4 is 17.5 Å². The predicted octanol–water partition coefficient (Wildman–Crippen LogP) is 2.30. The second-order valence-corrected chi connectivity index (χ2v) is 5.15. The number of para-hydroxylation sites is 2. The molecule has 1 aromatic heterocycles. The molecule has 128 valence electrons. The Morgan fingerprint density at radius 1 is 1.21 bits per heavy atom. The van der Waals surface area contributed by atoms with Crippen molar-refractivity contribution in [3.63, 3.8) is 0 Å². The second kappa shape index (κ2) is 8.83. The van der Waals surface area contributed by atoms with Crippen LogP contribution in [0.2, 0.25) is 0 Å². The number of aryl methyl sites for hydroxylation is 1. The number of aromatic nitrogens is 2. The second-order valence-electron chi connectivity index (χ2n) is 5.15. The molecule has 0 radical (unpaired) electrons. The largest absolute Gasteiger partial charge is 0.495 e. The molecule has 2 N–H and O–H groups in total. The SMILES string of the molecule is COCCCNC(=O)c1cc(C)nc(Nc2ccccc2OC)n1. The van der Waals surface area contributed by atoms with Crippen molar-refractivity contribution in [2.45, 2.75) is 13.3 Å². The molecule has 0 saturated heterocycles. The lowest BCUT2D eigenvalue weighted by molar-refractivity contribution is 0.0943. The first-order valence-electron chi connectivity index (χ1n) is 7.67. The van der Waals surface area contributed by atoms with Crippen molar-refractivity contribution in [2.75, 3.05) is 32.7 Å². The zero-order valence-corrected chi connectivity index (χ0v) is 14.1. The number of benzene rings is 1. The third-order valence-electron chi connectivity index (χ3n) is 3.25. The van der Waals surface area contributed by atoms with Crippen LogP contribution in [-0.4, -0.2) is 43.2 Å². The molecule has 1 aromatic carbocycles.